The van der Waals surface area contributed by atoms with Crippen molar-refractivity contribution < 1.29 is 4.79 Å². The monoisotopic (exact) mass is 424 g/mol. The number of anilines is 1. The number of nitrogens with zero attached hydrogens (tertiary/aromatic N) is 4. The average molecular weight is 425 g/mol. The summed E-state index contributed by atoms with van der Waals surface area (Å²) in [6.07, 6.45) is 9.51. The van der Waals surface area contributed by atoms with Crippen LogP contribution in [0.5, 0.6) is 0 Å². The van der Waals surface area contributed by atoms with Crippen molar-refractivity contribution in [2.75, 3.05) is 19.3 Å². The van der Waals surface area contributed by atoms with Gasteiger partial charge in [-0.1, -0.05) is 24.3 Å². The molecule has 4 aromatic rings. The van der Waals surface area contributed by atoms with Gasteiger partial charge in [-0.05, 0) is 60.5 Å². The molecule has 0 atom stereocenters. The molecule has 1 aromatic carbocycles. The molecule has 3 N–H and O–H groups in total. The largest absolute Gasteiger partial charge is 0.382 e. The highest BCUT2D eigenvalue weighted by atomic mass is 16.1. The van der Waals surface area contributed by atoms with E-state index < -0.39 is 0 Å². The fourth-order valence-electron chi connectivity index (χ4n) is 3.49. The molecule has 7 nitrogen and oxygen atoms in total. The molecule has 0 aliphatic carbocycles. The molecule has 0 aliphatic rings. The number of rotatable bonds is 8. The van der Waals surface area contributed by atoms with Gasteiger partial charge < -0.3 is 11.1 Å². The van der Waals surface area contributed by atoms with Crippen LogP contribution < -0.4 is 11.1 Å². The van der Waals surface area contributed by atoms with Gasteiger partial charge in [0.15, 0.2) is 11.6 Å². The van der Waals surface area contributed by atoms with Crippen LogP contribution in [0, 0.1) is 0 Å². The van der Waals surface area contributed by atoms with Crippen molar-refractivity contribution in [3.8, 4) is 22.4 Å². The molecule has 32 heavy (non-hydrogen) atoms. The van der Waals surface area contributed by atoms with Crippen LogP contribution in [0.4, 0.5) is 5.82 Å². The van der Waals surface area contributed by atoms with Gasteiger partial charge in [-0.3, -0.25) is 14.8 Å². The van der Waals surface area contributed by atoms with Crippen LogP contribution >= 0.6 is 0 Å². The molecule has 0 unspecified atom stereocenters. The second-order valence-corrected chi connectivity index (χ2v) is 7.41. The lowest BCUT2D eigenvalue weighted by atomic mass is 9.98. The summed E-state index contributed by atoms with van der Waals surface area (Å²) in [5, 5.41) is 3.14. The summed E-state index contributed by atoms with van der Waals surface area (Å²) >= 11 is 0. The van der Waals surface area contributed by atoms with E-state index in [-0.39, 0.29) is 23.7 Å². The molecule has 0 saturated carbocycles. The Morgan fingerprint density at radius 2 is 1.69 bits per heavy atom. The SMILES string of the molecule is CNCCc1ccc(-c2cnc(N)c(C(=O)Cc3cnccc3-c3ccncc3)n2)cc1. The number of nitrogen functional groups attached to an aromatic ring is 1. The number of nitrogens with two attached hydrogens (primary N) is 1. The third-order valence-electron chi connectivity index (χ3n) is 5.22. The Labute approximate surface area is 186 Å². The number of pyridine rings is 2. The van der Waals surface area contributed by atoms with E-state index in [2.05, 4.69) is 37.4 Å². The summed E-state index contributed by atoms with van der Waals surface area (Å²) in [6.45, 7) is 0.912. The minimum atomic E-state index is -0.203. The van der Waals surface area contributed by atoms with E-state index in [0.717, 1.165) is 35.2 Å². The predicted octanol–water partition coefficient (Wildman–Crippen LogP) is 3.37. The Hall–Kier alpha value is -3.97. The van der Waals surface area contributed by atoms with Gasteiger partial charge in [-0.2, -0.15) is 0 Å². The maximum absolute atomic E-state index is 13.1. The fraction of sp³-hybridized carbons (Fsp3) is 0.160. The highest BCUT2D eigenvalue weighted by molar-refractivity contribution is 6.00. The molecule has 3 heterocycles. The van der Waals surface area contributed by atoms with E-state index in [1.165, 1.54) is 5.56 Å². The molecule has 4 rings (SSSR count). The molecule has 0 radical (unpaired) electrons. The predicted molar refractivity (Wildman–Crippen MR) is 125 cm³/mol. The Morgan fingerprint density at radius 1 is 0.938 bits per heavy atom. The van der Waals surface area contributed by atoms with Crippen molar-refractivity contribution in [3.63, 3.8) is 0 Å². The quantitative estimate of drug-likeness (QED) is 0.418. The number of likely N-dealkylation sites (N-methyl/N-ethyl adjacent to an activating group) is 1. The van der Waals surface area contributed by atoms with Crippen LogP contribution in [-0.4, -0.2) is 39.3 Å². The zero-order valence-electron chi connectivity index (χ0n) is 17.8. The van der Waals surface area contributed by atoms with Gasteiger partial charge in [-0.25, -0.2) is 9.97 Å². The lowest BCUT2D eigenvalue weighted by molar-refractivity contribution is 0.0989. The molecule has 3 aromatic heterocycles. The highest BCUT2D eigenvalue weighted by Gasteiger charge is 2.17. The van der Waals surface area contributed by atoms with E-state index in [1.54, 1.807) is 31.0 Å². The van der Waals surface area contributed by atoms with Crippen molar-refractivity contribution >= 4 is 11.6 Å². The number of aromatic nitrogens is 4. The molecule has 160 valence electrons. The minimum Gasteiger partial charge on any atom is -0.382 e. The van der Waals surface area contributed by atoms with Crippen LogP contribution in [0.1, 0.15) is 21.6 Å². The van der Waals surface area contributed by atoms with Gasteiger partial charge in [0.2, 0.25) is 0 Å². The molecule has 0 amide bonds. The van der Waals surface area contributed by atoms with E-state index in [1.807, 2.05) is 37.4 Å². The Balaban J connectivity index is 1.59. The molecule has 0 fully saturated rings. The first-order valence-corrected chi connectivity index (χ1v) is 10.4. The molecule has 0 saturated heterocycles. The van der Waals surface area contributed by atoms with Gasteiger partial charge in [0, 0.05) is 36.8 Å². The molecular formula is C25H24N6O. The summed E-state index contributed by atoms with van der Waals surface area (Å²) in [5.41, 5.74) is 11.6. The van der Waals surface area contributed by atoms with Gasteiger partial charge in [-0.15, -0.1) is 0 Å². The number of hydrogen-bond donors (Lipinski definition) is 2. The second-order valence-electron chi connectivity index (χ2n) is 7.41. The van der Waals surface area contributed by atoms with Crippen LogP contribution in [-0.2, 0) is 12.8 Å². The molecule has 0 aliphatic heterocycles. The maximum atomic E-state index is 13.1. The number of nitrogens with one attached hydrogen (secondary N) is 1. The standard InChI is InChI=1S/C25H24N6O/c1-27-10-6-17-2-4-19(5-3-17)22-16-30-25(26)24(31-22)23(32)14-20-15-29-13-9-21(20)18-7-11-28-12-8-18/h2-5,7-9,11-13,15-16,27H,6,10,14H2,1H3,(H2,26,30). The second kappa shape index (κ2) is 9.89. The van der Waals surface area contributed by atoms with Crippen LogP contribution in [0.2, 0.25) is 0 Å². The normalized spacial score (nSPS) is 10.8. The topological polar surface area (TPSA) is 107 Å². The molecule has 0 spiro atoms. The third kappa shape index (κ3) is 4.84. The van der Waals surface area contributed by atoms with Crippen molar-refractivity contribution in [1.29, 1.82) is 0 Å². The van der Waals surface area contributed by atoms with Crippen molar-refractivity contribution in [3.05, 3.63) is 90.3 Å². The average Bonchev–Trinajstić information content (AvgIpc) is 2.84. The lowest BCUT2D eigenvalue weighted by Gasteiger charge is -2.10. The lowest BCUT2D eigenvalue weighted by Crippen LogP contribution is -2.12. The minimum absolute atomic E-state index is 0.122. The number of benzene rings is 1. The van der Waals surface area contributed by atoms with Crippen LogP contribution in [0.15, 0.2) is 73.4 Å². The number of carbonyl (C=O) groups is 1. The van der Waals surface area contributed by atoms with E-state index >= 15 is 0 Å². The maximum Gasteiger partial charge on any atom is 0.189 e. The summed E-state index contributed by atoms with van der Waals surface area (Å²) < 4.78 is 0. The van der Waals surface area contributed by atoms with Crippen molar-refractivity contribution in [2.24, 2.45) is 0 Å². The van der Waals surface area contributed by atoms with Crippen LogP contribution in [0.3, 0.4) is 0 Å². The van der Waals surface area contributed by atoms with Gasteiger partial charge in [0.25, 0.3) is 0 Å². The number of ketones is 1. The summed E-state index contributed by atoms with van der Waals surface area (Å²) in [4.78, 5) is 30.2. The number of carbonyl (C=O) groups excluding carboxylic acids is 1. The fourth-order valence-corrected chi connectivity index (χ4v) is 3.49. The van der Waals surface area contributed by atoms with Crippen molar-refractivity contribution in [1.82, 2.24) is 25.3 Å². The first-order valence-electron chi connectivity index (χ1n) is 10.4. The van der Waals surface area contributed by atoms with Crippen molar-refractivity contribution in [2.45, 2.75) is 12.8 Å². The summed E-state index contributed by atoms with van der Waals surface area (Å²) in [5.74, 6) is -0.0791. The first kappa shape index (κ1) is 21.3. The molecular weight excluding hydrogens is 400 g/mol. The third-order valence-corrected chi connectivity index (χ3v) is 5.22. The van der Waals surface area contributed by atoms with Gasteiger partial charge in [0.1, 0.15) is 5.69 Å². The zero-order valence-corrected chi connectivity index (χ0v) is 17.8. The summed E-state index contributed by atoms with van der Waals surface area (Å²) in [7, 11) is 1.93. The van der Waals surface area contributed by atoms with Gasteiger partial charge in [0.05, 0.1) is 11.9 Å². The summed E-state index contributed by atoms with van der Waals surface area (Å²) in [6, 6.07) is 13.8. The number of hydrogen-bond acceptors (Lipinski definition) is 7. The van der Waals surface area contributed by atoms with Crippen LogP contribution in [0.25, 0.3) is 22.4 Å². The Kier molecular flexibility index (Phi) is 6.57. The molecule has 0 bridgehead atoms. The van der Waals surface area contributed by atoms with E-state index in [0.29, 0.717) is 5.69 Å². The van der Waals surface area contributed by atoms with Gasteiger partial charge >= 0.3 is 0 Å². The molecule has 7 heteroatoms. The zero-order chi connectivity index (χ0) is 22.3. The Bertz CT molecular complexity index is 1210. The Morgan fingerprint density at radius 3 is 2.44 bits per heavy atom. The number of Topliss-reactive ketones (excluding diaryl/α,β-unsaturated/α-hetero) is 1. The smallest absolute Gasteiger partial charge is 0.189 e. The first-order chi connectivity index (χ1) is 15.7. The van der Waals surface area contributed by atoms with E-state index in [9.17, 15) is 4.79 Å². The highest BCUT2D eigenvalue weighted by Crippen LogP contribution is 2.25. The van der Waals surface area contributed by atoms with E-state index in [4.69, 9.17) is 5.73 Å².